The summed E-state index contributed by atoms with van der Waals surface area (Å²) in [6.07, 6.45) is -4.88. The van der Waals surface area contributed by atoms with Gasteiger partial charge >= 0.3 is 12.1 Å². The summed E-state index contributed by atoms with van der Waals surface area (Å²) in [5, 5.41) is 23.8. The number of rotatable bonds is 2. The number of hydrogen-bond acceptors (Lipinski definition) is 4. The molecule has 0 saturated heterocycles. The van der Waals surface area contributed by atoms with E-state index in [0.717, 1.165) is 18.2 Å². The molecule has 0 radical (unpaired) electrons. The van der Waals surface area contributed by atoms with Gasteiger partial charge in [-0.05, 0) is 18.2 Å². The predicted octanol–water partition coefficient (Wildman–Crippen LogP) is 2.51. The van der Waals surface area contributed by atoms with Crippen LogP contribution in [-0.2, 0) is 6.18 Å². The Kier molecular flexibility index (Phi) is 3.57. The molecular formula is C11H4ClF3N4O2. The van der Waals surface area contributed by atoms with Gasteiger partial charge in [0, 0.05) is 0 Å². The molecule has 108 valence electrons. The SMILES string of the molecule is N#Cc1nnn(-c2ccc(Cl)c(C(=O)O)c2)c1C(F)(F)F. The number of nitrogens with zero attached hydrogens (tertiary/aromatic N) is 4. The van der Waals surface area contributed by atoms with Gasteiger partial charge in [-0.3, -0.25) is 0 Å². The standard InChI is InChI=1S/C11H4ClF3N4O2/c12-7-2-1-5(3-6(7)10(20)21)19-9(11(13,14)15)8(4-16)17-18-19/h1-3H,(H,20,21). The molecule has 10 heteroatoms. The van der Waals surface area contributed by atoms with Gasteiger partial charge in [0.15, 0.2) is 11.4 Å². The third-order valence-corrected chi connectivity index (χ3v) is 2.80. The molecule has 1 heterocycles. The molecule has 6 nitrogen and oxygen atoms in total. The average Bonchev–Trinajstić information content (AvgIpc) is 2.82. The lowest BCUT2D eigenvalue weighted by Crippen LogP contribution is -2.15. The molecule has 2 rings (SSSR count). The van der Waals surface area contributed by atoms with Crippen molar-refractivity contribution in [1.82, 2.24) is 15.0 Å². The highest BCUT2D eigenvalue weighted by molar-refractivity contribution is 6.33. The van der Waals surface area contributed by atoms with Crippen LogP contribution in [0.2, 0.25) is 5.02 Å². The van der Waals surface area contributed by atoms with Crippen LogP contribution in [0.3, 0.4) is 0 Å². The van der Waals surface area contributed by atoms with E-state index in [0.29, 0.717) is 4.68 Å². The van der Waals surface area contributed by atoms with E-state index < -0.39 is 29.1 Å². The van der Waals surface area contributed by atoms with Gasteiger partial charge in [0.05, 0.1) is 16.3 Å². The molecule has 0 spiro atoms. The number of halogens is 4. The predicted molar refractivity (Wildman–Crippen MR) is 63.0 cm³/mol. The first-order valence-corrected chi connectivity index (χ1v) is 5.59. The van der Waals surface area contributed by atoms with E-state index in [2.05, 4.69) is 10.3 Å². The largest absolute Gasteiger partial charge is 0.478 e. The van der Waals surface area contributed by atoms with E-state index in [4.69, 9.17) is 22.0 Å². The van der Waals surface area contributed by atoms with Crippen LogP contribution >= 0.6 is 11.6 Å². The monoisotopic (exact) mass is 316 g/mol. The summed E-state index contributed by atoms with van der Waals surface area (Å²) >= 11 is 5.64. The van der Waals surface area contributed by atoms with Gasteiger partial charge in [0.25, 0.3) is 0 Å². The second kappa shape index (κ2) is 5.06. The lowest BCUT2D eigenvalue weighted by Gasteiger charge is -2.10. The Labute approximate surface area is 120 Å². The van der Waals surface area contributed by atoms with Crippen molar-refractivity contribution in [2.45, 2.75) is 6.18 Å². The van der Waals surface area contributed by atoms with E-state index >= 15 is 0 Å². The van der Waals surface area contributed by atoms with Gasteiger partial charge in [-0.1, -0.05) is 16.8 Å². The van der Waals surface area contributed by atoms with Crippen LogP contribution in [0.15, 0.2) is 18.2 Å². The first-order valence-electron chi connectivity index (χ1n) is 5.22. The van der Waals surface area contributed by atoms with E-state index in [-0.39, 0.29) is 10.7 Å². The van der Waals surface area contributed by atoms with Crippen LogP contribution in [0.4, 0.5) is 13.2 Å². The third kappa shape index (κ3) is 2.66. The quantitative estimate of drug-likeness (QED) is 0.919. The van der Waals surface area contributed by atoms with Crippen LogP contribution in [-0.4, -0.2) is 26.1 Å². The van der Waals surface area contributed by atoms with E-state index in [1.807, 2.05) is 0 Å². The number of carboxylic acids is 1. The number of alkyl halides is 3. The molecule has 2 aromatic rings. The summed E-state index contributed by atoms with van der Waals surface area (Å²) in [7, 11) is 0. The fourth-order valence-electron chi connectivity index (χ4n) is 1.60. The summed E-state index contributed by atoms with van der Waals surface area (Å²) in [6.45, 7) is 0. The van der Waals surface area contributed by atoms with Crippen molar-refractivity contribution in [3.05, 3.63) is 40.2 Å². The normalized spacial score (nSPS) is 11.2. The minimum atomic E-state index is -4.88. The molecule has 1 aromatic carbocycles. The fourth-order valence-corrected chi connectivity index (χ4v) is 1.80. The number of carbonyl (C=O) groups is 1. The highest BCUT2D eigenvalue weighted by atomic mass is 35.5. The van der Waals surface area contributed by atoms with Crippen molar-refractivity contribution >= 4 is 17.6 Å². The van der Waals surface area contributed by atoms with Crippen LogP contribution < -0.4 is 0 Å². The maximum absolute atomic E-state index is 13.0. The fraction of sp³-hybridized carbons (Fsp3) is 0.0909. The highest BCUT2D eigenvalue weighted by Crippen LogP contribution is 2.33. The zero-order valence-electron chi connectivity index (χ0n) is 9.89. The Bertz CT molecular complexity index is 764. The first kappa shape index (κ1) is 14.8. The Hall–Kier alpha value is -2.60. The topological polar surface area (TPSA) is 91.8 Å². The average molecular weight is 317 g/mol. The molecule has 21 heavy (non-hydrogen) atoms. The molecule has 0 fully saturated rings. The lowest BCUT2D eigenvalue weighted by atomic mass is 10.2. The van der Waals surface area contributed by atoms with Crippen LogP contribution in [0.1, 0.15) is 21.7 Å². The highest BCUT2D eigenvalue weighted by Gasteiger charge is 2.40. The van der Waals surface area contributed by atoms with E-state index in [1.165, 1.54) is 6.07 Å². The van der Waals surface area contributed by atoms with Crippen LogP contribution in [0.5, 0.6) is 0 Å². The van der Waals surface area contributed by atoms with Crippen LogP contribution in [0, 0.1) is 11.3 Å². The molecule has 1 N–H and O–H groups in total. The molecule has 0 atom stereocenters. The van der Waals surface area contributed by atoms with Gasteiger partial charge in [-0.15, -0.1) is 5.10 Å². The summed E-state index contributed by atoms with van der Waals surface area (Å²) in [5.41, 5.74) is -2.91. The Morgan fingerprint density at radius 1 is 1.43 bits per heavy atom. The number of benzene rings is 1. The van der Waals surface area contributed by atoms with Crippen molar-refractivity contribution in [3.63, 3.8) is 0 Å². The molecule has 0 saturated carbocycles. The van der Waals surface area contributed by atoms with Crippen molar-refractivity contribution < 1.29 is 23.1 Å². The number of aromatic nitrogens is 3. The van der Waals surface area contributed by atoms with E-state index in [1.54, 1.807) is 0 Å². The van der Waals surface area contributed by atoms with Crippen molar-refractivity contribution in [3.8, 4) is 11.8 Å². The summed E-state index contributed by atoms with van der Waals surface area (Å²) < 4.78 is 39.2. The second-order valence-corrected chi connectivity index (χ2v) is 4.18. The first-order chi connectivity index (χ1) is 9.75. The van der Waals surface area contributed by atoms with Gasteiger partial charge in [0.1, 0.15) is 6.07 Å². The molecule has 0 amide bonds. The second-order valence-electron chi connectivity index (χ2n) is 3.78. The molecule has 0 aliphatic heterocycles. The number of carboxylic acid groups (broad SMARTS) is 1. The van der Waals surface area contributed by atoms with Gasteiger partial charge in [-0.2, -0.15) is 18.4 Å². The minimum absolute atomic E-state index is 0.138. The van der Waals surface area contributed by atoms with Crippen molar-refractivity contribution in [1.29, 1.82) is 5.26 Å². The molecule has 0 aliphatic rings. The Morgan fingerprint density at radius 3 is 2.62 bits per heavy atom. The van der Waals surface area contributed by atoms with Gasteiger partial charge < -0.3 is 5.11 Å². The lowest BCUT2D eigenvalue weighted by molar-refractivity contribution is -0.143. The molecule has 0 aliphatic carbocycles. The maximum Gasteiger partial charge on any atom is 0.436 e. The zero-order valence-corrected chi connectivity index (χ0v) is 10.6. The molecular weight excluding hydrogens is 313 g/mol. The smallest absolute Gasteiger partial charge is 0.436 e. The number of nitriles is 1. The van der Waals surface area contributed by atoms with Crippen molar-refractivity contribution in [2.24, 2.45) is 0 Å². The minimum Gasteiger partial charge on any atom is -0.478 e. The maximum atomic E-state index is 13.0. The molecule has 0 bridgehead atoms. The summed E-state index contributed by atoms with van der Waals surface area (Å²) in [4.78, 5) is 10.9. The molecule has 0 unspecified atom stereocenters. The number of hydrogen-bond donors (Lipinski definition) is 1. The summed E-state index contributed by atoms with van der Waals surface area (Å²) in [6, 6.07) is 4.45. The Morgan fingerprint density at radius 2 is 2.10 bits per heavy atom. The van der Waals surface area contributed by atoms with Gasteiger partial charge in [0.2, 0.25) is 0 Å². The molecule has 1 aromatic heterocycles. The number of aromatic carboxylic acids is 1. The zero-order chi connectivity index (χ0) is 15.8. The summed E-state index contributed by atoms with van der Waals surface area (Å²) in [5.74, 6) is -1.41. The van der Waals surface area contributed by atoms with Crippen LogP contribution in [0.25, 0.3) is 5.69 Å². The third-order valence-electron chi connectivity index (χ3n) is 2.47. The van der Waals surface area contributed by atoms with E-state index in [9.17, 15) is 18.0 Å². The Balaban J connectivity index is 2.69. The van der Waals surface area contributed by atoms with Gasteiger partial charge in [-0.25, -0.2) is 9.48 Å². The van der Waals surface area contributed by atoms with Crippen molar-refractivity contribution in [2.75, 3.05) is 0 Å².